The minimum atomic E-state index is -3.37. The lowest BCUT2D eigenvalue weighted by Crippen LogP contribution is -2.18. The molecule has 0 unspecified atom stereocenters. The number of rotatable bonds is 6. The van der Waals surface area contributed by atoms with E-state index in [0.29, 0.717) is 0 Å². The molecule has 3 aromatic carbocycles. The summed E-state index contributed by atoms with van der Waals surface area (Å²) in [6, 6.07) is 24.7. The average molecular weight is 437 g/mol. The molecule has 0 saturated carbocycles. The van der Waals surface area contributed by atoms with E-state index in [4.69, 9.17) is 28.9 Å². The predicted molar refractivity (Wildman–Crippen MR) is 105 cm³/mol. The fourth-order valence-electron chi connectivity index (χ4n) is 2.54. The minimum Gasteiger partial charge on any atom is -0.854 e. The summed E-state index contributed by atoms with van der Waals surface area (Å²) < 4.78 is 15.9. The molecule has 0 amide bonds. The van der Waals surface area contributed by atoms with Crippen LogP contribution in [0, 0.1) is 9.99 Å². The molecule has 0 saturated heterocycles. The molecule has 0 N–H and O–H groups in total. The van der Waals surface area contributed by atoms with Gasteiger partial charge in [0.25, 0.3) is 0 Å². The van der Waals surface area contributed by atoms with Gasteiger partial charge in [-0.3, -0.25) is 9.99 Å². The second-order valence-corrected chi connectivity index (χ2v) is 8.03. The lowest BCUT2D eigenvalue weighted by atomic mass is 10.3. The summed E-state index contributed by atoms with van der Waals surface area (Å²) in [7, 11) is 1.46. The second-order valence-electron chi connectivity index (χ2n) is 5.56. The summed E-state index contributed by atoms with van der Waals surface area (Å²) in [6.45, 7) is 0. The van der Waals surface area contributed by atoms with Crippen LogP contribution in [0.4, 0.5) is 0 Å². The quantitative estimate of drug-likeness (QED) is 0.548. The largest absolute Gasteiger partial charge is 0.854 e. The van der Waals surface area contributed by atoms with E-state index < -0.39 is 8.60 Å². The van der Waals surface area contributed by atoms with E-state index in [9.17, 15) is 0 Å². The molecule has 0 aliphatic carbocycles. The molecule has 3 rings (SSSR count). The van der Waals surface area contributed by atoms with Crippen molar-refractivity contribution in [1.82, 2.24) is 0 Å². The summed E-state index contributed by atoms with van der Waals surface area (Å²) in [5.41, 5.74) is 0. The summed E-state index contributed by atoms with van der Waals surface area (Å²) in [5, 5.41) is 3.70. The van der Waals surface area contributed by atoms with Crippen LogP contribution in [-0.2, 0) is 0 Å². The normalized spacial score (nSPS) is 10.3. The van der Waals surface area contributed by atoms with Gasteiger partial charge >= 0.3 is 15.1 Å². The molecule has 0 fully saturated rings. The molecule has 0 aromatic heterocycles. The Bertz CT molecular complexity index is 738. The maximum absolute atomic E-state index is 8.48. The van der Waals surface area contributed by atoms with Gasteiger partial charge < -0.3 is 37.5 Å². The molecule has 0 radical (unpaired) electrons. The number of benzene rings is 3. The third-order valence-electron chi connectivity index (χ3n) is 3.89. The Hall–Kier alpha value is -2.34. The molecule has 0 spiro atoms. The highest BCUT2D eigenvalue weighted by Gasteiger charge is 2.31. The van der Waals surface area contributed by atoms with Crippen LogP contribution in [0.15, 0.2) is 72.8 Å². The van der Waals surface area contributed by atoms with Crippen molar-refractivity contribution in [3.63, 3.8) is 0 Å². The monoisotopic (exact) mass is 436 g/mol. The van der Waals surface area contributed by atoms with Gasteiger partial charge in [-0.25, -0.2) is 0 Å². The van der Waals surface area contributed by atoms with Gasteiger partial charge in [0.05, 0.1) is 21.3 Å². The third kappa shape index (κ3) is 6.89. The number of methoxy groups -OCH3 is 3. The molecule has 3 aromatic rings. The van der Waals surface area contributed by atoms with Crippen LogP contribution in [0.3, 0.4) is 0 Å². The Kier molecular flexibility index (Phi) is 9.19. The Morgan fingerprint density at radius 2 is 0.724 bits per heavy atom. The van der Waals surface area contributed by atoms with Crippen LogP contribution in [0.1, 0.15) is 0 Å². The van der Waals surface area contributed by atoms with Gasteiger partial charge in [-0.2, -0.15) is 0 Å². The molecule has 0 bridgehead atoms. The van der Waals surface area contributed by atoms with Crippen LogP contribution in [0.5, 0.6) is 17.2 Å². The topological polar surface area (TPSA) is 96.9 Å². The van der Waals surface area contributed by atoms with E-state index >= 15 is 0 Å². The standard InChI is InChI=1S/C21H21ClO3.O3P/c1-23-19-10-4-16(5-11-19)22(17-6-12-20(24-2)13-7-17)18-8-14-21(25-3)15-9-18;1-4(2)3/h4-15H,1-3H3;/q+3;-3. The first-order chi connectivity index (χ1) is 14.0. The van der Waals surface area contributed by atoms with Crippen molar-refractivity contribution in [1.29, 1.82) is 0 Å². The fourth-order valence-corrected chi connectivity index (χ4v) is 4.58. The Balaban J connectivity index is 0.000000687. The molecule has 8 heteroatoms. The van der Waals surface area contributed by atoms with Gasteiger partial charge in [0, 0.05) is 0 Å². The summed E-state index contributed by atoms with van der Waals surface area (Å²) in [5.74, 6) is 2.57. The second kappa shape index (κ2) is 11.6. The highest BCUT2D eigenvalue weighted by atomic mass is 35.6. The van der Waals surface area contributed by atoms with E-state index in [0.717, 1.165) is 17.2 Å². The zero-order valence-electron chi connectivity index (χ0n) is 16.2. The zero-order valence-corrected chi connectivity index (χ0v) is 17.9. The molecule has 154 valence electrons. The number of hydrogen-bond acceptors (Lipinski definition) is 6. The SMILES string of the molecule is COc1ccc([ClH+3](c2ccc(OC)cc2)c2ccc(OC)cc2)cc1.[O-]P([O-])[O-]. The van der Waals surface area contributed by atoms with E-state index in [1.165, 1.54) is 15.1 Å². The summed E-state index contributed by atoms with van der Waals surface area (Å²) in [6.07, 6.45) is 0. The van der Waals surface area contributed by atoms with E-state index in [2.05, 4.69) is 36.4 Å². The first-order valence-corrected chi connectivity index (χ1v) is 10.8. The van der Waals surface area contributed by atoms with Gasteiger partial charge in [-0.05, 0) is 36.4 Å². The van der Waals surface area contributed by atoms with E-state index in [1.807, 2.05) is 36.4 Å². The number of halogens is 1. The fraction of sp³-hybridized carbons (Fsp3) is 0.143. The lowest BCUT2D eigenvalue weighted by Gasteiger charge is -2.39. The molecule has 0 aliphatic rings. The van der Waals surface area contributed by atoms with Crippen LogP contribution in [-0.4, -0.2) is 21.3 Å². The maximum Gasteiger partial charge on any atom is 0.373 e. The summed E-state index contributed by atoms with van der Waals surface area (Å²) in [4.78, 5) is 25.4. The average Bonchev–Trinajstić information content (AvgIpc) is 2.75. The molecule has 29 heavy (non-hydrogen) atoms. The molecule has 0 atom stereocenters. The molecule has 0 heterocycles. The first-order valence-electron chi connectivity index (χ1n) is 8.46. The van der Waals surface area contributed by atoms with E-state index in [-0.39, 0.29) is 9.99 Å². The highest BCUT2D eigenvalue weighted by molar-refractivity contribution is 7.33. The van der Waals surface area contributed by atoms with Crippen molar-refractivity contribution in [3.05, 3.63) is 87.9 Å². The molecular weight excluding hydrogens is 415 g/mol. The number of ether oxygens (including phenoxy) is 3. The zero-order chi connectivity index (χ0) is 21.2. The highest BCUT2D eigenvalue weighted by Crippen LogP contribution is 2.36. The lowest BCUT2D eigenvalue weighted by molar-refractivity contribution is -0.753. The van der Waals surface area contributed by atoms with Gasteiger partial charge in [-0.15, -0.1) is 0 Å². The third-order valence-corrected chi connectivity index (χ3v) is 6.12. The Labute approximate surface area is 174 Å². The van der Waals surface area contributed by atoms with Crippen molar-refractivity contribution in [2.24, 2.45) is 0 Å². The minimum absolute atomic E-state index is 0.212. The maximum atomic E-state index is 8.48. The van der Waals surface area contributed by atoms with Gasteiger partial charge in [0.1, 0.15) is 53.6 Å². The van der Waals surface area contributed by atoms with Crippen molar-refractivity contribution in [2.45, 2.75) is 0 Å². The van der Waals surface area contributed by atoms with Gasteiger partial charge in [-0.1, -0.05) is 0 Å². The predicted octanol–water partition coefficient (Wildman–Crippen LogP) is 2.00. The summed E-state index contributed by atoms with van der Waals surface area (Å²) >= 11 is 0. The van der Waals surface area contributed by atoms with Crippen LogP contribution < -0.4 is 28.9 Å². The van der Waals surface area contributed by atoms with Gasteiger partial charge in [0.2, 0.25) is 0 Å². The van der Waals surface area contributed by atoms with E-state index in [1.54, 1.807) is 21.3 Å². The molecule has 6 nitrogen and oxygen atoms in total. The van der Waals surface area contributed by atoms with Crippen LogP contribution >= 0.6 is 8.60 Å². The van der Waals surface area contributed by atoms with Crippen LogP contribution in [0.25, 0.3) is 0 Å². The Morgan fingerprint density at radius 1 is 0.517 bits per heavy atom. The molecule has 0 aliphatic heterocycles. The smallest absolute Gasteiger partial charge is 0.373 e. The van der Waals surface area contributed by atoms with Crippen molar-refractivity contribution >= 4 is 8.60 Å². The van der Waals surface area contributed by atoms with Crippen molar-refractivity contribution < 1.29 is 38.9 Å². The van der Waals surface area contributed by atoms with Crippen LogP contribution in [0.2, 0.25) is 15.1 Å². The van der Waals surface area contributed by atoms with Crippen molar-refractivity contribution in [3.8, 4) is 17.2 Å². The molecular formula is C21H22ClO6P. The first kappa shape index (κ1) is 22.9. The number of hydrogen-bond donors (Lipinski definition) is 0. The van der Waals surface area contributed by atoms with Crippen molar-refractivity contribution in [2.75, 3.05) is 21.3 Å². The van der Waals surface area contributed by atoms with Gasteiger partial charge in [0.15, 0.2) is 0 Å². The Morgan fingerprint density at radius 3 is 0.897 bits per heavy atom.